The summed E-state index contributed by atoms with van der Waals surface area (Å²) in [5.74, 6) is 0.179. The molecule has 4 heteroatoms. The Morgan fingerprint density at radius 3 is 3.05 bits per heavy atom. The van der Waals surface area contributed by atoms with Gasteiger partial charge in [-0.25, -0.2) is 0 Å². The fourth-order valence-corrected chi connectivity index (χ4v) is 3.32. The molecule has 1 fully saturated rings. The number of rotatable bonds is 6. The second-order valence-electron chi connectivity index (χ2n) is 5.97. The monoisotopic (exact) mass is 280 g/mol. The van der Waals surface area contributed by atoms with Crippen LogP contribution in [0.2, 0.25) is 0 Å². The van der Waals surface area contributed by atoms with E-state index in [1.807, 2.05) is 0 Å². The van der Waals surface area contributed by atoms with Crippen LogP contribution in [0, 0.1) is 0 Å². The number of hydrogen-bond donors (Lipinski definition) is 2. The summed E-state index contributed by atoms with van der Waals surface area (Å²) in [4.78, 5) is 13.2. The molecule has 0 radical (unpaired) electrons. The van der Waals surface area contributed by atoms with Crippen molar-refractivity contribution in [3.63, 3.8) is 0 Å². The maximum Gasteiger partial charge on any atom is 0.220 e. The fraction of sp³-hybridized carbons (Fsp3) is 0.667. The first kappa shape index (κ1) is 14.5. The van der Waals surface area contributed by atoms with E-state index < -0.39 is 0 Å². The Morgan fingerprint density at radius 1 is 1.58 bits per heavy atom. The minimum Gasteiger partial charge on any atom is -0.355 e. The number of carbonyl (C=O) groups excluding carboxylic acids is 1. The third-order valence-electron chi connectivity index (χ3n) is 3.80. The number of hydrogen-bond acceptors (Lipinski definition) is 3. The van der Waals surface area contributed by atoms with E-state index in [9.17, 15) is 4.79 Å². The molecule has 19 heavy (non-hydrogen) atoms. The second-order valence-corrected chi connectivity index (χ2v) is 6.92. The molecule has 1 aliphatic heterocycles. The van der Waals surface area contributed by atoms with Gasteiger partial charge in [0.25, 0.3) is 0 Å². The lowest BCUT2D eigenvalue weighted by Crippen LogP contribution is -2.36. The predicted octanol–water partition coefficient (Wildman–Crippen LogP) is 2.67. The van der Waals surface area contributed by atoms with Gasteiger partial charge in [0.15, 0.2) is 0 Å². The number of thiophene rings is 1. The lowest BCUT2D eigenvalue weighted by molar-refractivity contribution is -0.121. The van der Waals surface area contributed by atoms with Crippen LogP contribution in [0.3, 0.4) is 0 Å². The maximum absolute atomic E-state index is 11.9. The molecule has 0 saturated carbocycles. The SMILES string of the molecule is CC(C)(CNC(=O)CCC1CCCN1)c1cccs1. The van der Waals surface area contributed by atoms with E-state index in [1.54, 1.807) is 11.3 Å². The van der Waals surface area contributed by atoms with Crippen molar-refractivity contribution in [2.45, 2.75) is 51.0 Å². The van der Waals surface area contributed by atoms with E-state index in [2.05, 4.69) is 42.0 Å². The summed E-state index contributed by atoms with van der Waals surface area (Å²) in [6.45, 7) is 6.18. The summed E-state index contributed by atoms with van der Waals surface area (Å²) in [5, 5.41) is 8.59. The van der Waals surface area contributed by atoms with Gasteiger partial charge in [0.05, 0.1) is 0 Å². The van der Waals surface area contributed by atoms with E-state index in [-0.39, 0.29) is 11.3 Å². The van der Waals surface area contributed by atoms with Gasteiger partial charge in [0.1, 0.15) is 0 Å². The molecule has 2 heterocycles. The van der Waals surface area contributed by atoms with E-state index in [1.165, 1.54) is 17.7 Å². The molecule has 106 valence electrons. The summed E-state index contributed by atoms with van der Waals surface area (Å²) in [7, 11) is 0. The molecular weight excluding hydrogens is 256 g/mol. The van der Waals surface area contributed by atoms with Crippen molar-refractivity contribution in [1.29, 1.82) is 0 Å². The minimum atomic E-state index is 0.0232. The molecule has 2 rings (SSSR count). The van der Waals surface area contributed by atoms with E-state index >= 15 is 0 Å². The quantitative estimate of drug-likeness (QED) is 0.841. The maximum atomic E-state index is 11.9. The van der Waals surface area contributed by atoms with Gasteiger partial charge in [-0.1, -0.05) is 19.9 Å². The molecule has 3 nitrogen and oxygen atoms in total. The van der Waals surface area contributed by atoms with Gasteiger partial charge in [-0.15, -0.1) is 11.3 Å². The van der Waals surface area contributed by atoms with Crippen molar-refractivity contribution in [3.8, 4) is 0 Å². The van der Waals surface area contributed by atoms with Crippen LogP contribution in [-0.2, 0) is 10.2 Å². The van der Waals surface area contributed by atoms with Crippen LogP contribution in [0.5, 0.6) is 0 Å². The third-order valence-corrected chi connectivity index (χ3v) is 5.03. The molecule has 1 amide bonds. The Bertz CT molecular complexity index is 394. The fourth-order valence-electron chi connectivity index (χ4n) is 2.47. The Kier molecular flexibility index (Phi) is 4.99. The Balaban J connectivity index is 1.70. The first-order valence-electron chi connectivity index (χ1n) is 7.12. The normalized spacial score (nSPS) is 19.6. The van der Waals surface area contributed by atoms with Crippen molar-refractivity contribution in [1.82, 2.24) is 10.6 Å². The standard InChI is InChI=1S/C15H24N2OS/c1-15(2,13-6-4-10-19-13)11-17-14(18)8-7-12-5-3-9-16-12/h4,6,10,12,16H,3,5,7-9,11H2,1-2H3,(H,17,18). The highest BCUT2D eigenvalue weighted by atomic mass is 32.1. The first-order valence-corrected chi connectivity index (χ1v) is 8.00. The molecular formula is C15H24N2OS. The van der Waals surface area contributed by atoms with Crippen LogP contribution in [0.4, 0.5) is 0 Å². The zero-order chi connectivity index (χ0) is 13.7. The van der Waals surface area contributed by atoms with Gasteiger partial charge >= 0.3 is 0 Å². The molecule has 1 atom stereocenters. The highest BCUT2D eigenvalue weighted by Crippen LogP contribution is 2.26. The van der Waals surface area contributed by atoms with Crippen LogP contribution in [0.1, 0.15) is 44.4 Å². The van der Waals surface area contributed by atoms with Crippen LogP contribution >= 0.6 is 11.3 Å². The van der Waals surface area contributed by atoms with Gasteiger partial charge in [-0.05, 0) is 37.3 Å². The number of amides is 1. The predicted molar refractivity (Wildman–Crippen MR) is 80.6 cm³/mol. The Labute approximate surface area is 119 Å². The molecule has 1 aromatic heterocycles. The Hall–Kier alpha value is -0.870. The zero-order valence-electron chi connectivity index (χ0n) is 11.9. The zero-order valence-corrected chi connectivity index (χ0v) is 12.7. The van der Waals surface area contributed by atoms with Crippen LogP contribution in [-0.4, -0.2) is 25.0 Å². The van der Waals surface area contributed by atoms with Crippen LogP contribution < -0.4 is 10.6 Å². The van der Waals surface area contributed by atoms with Crippen LogP contribution in [0.25, 0.3) is 0 Å². The molecule has 0 bridgehead atoms. The highest BCUT2D eigenvalue weighted by Gasteiger charge is 2.22. The summed E-state index contributed by atoms with van der Waals surface area (Å²) < 4.78 is 0. The van der Waals surface area contributed by atoms with Crippen molar-refractivity contribution in [2.24, 2.45) is 0 Å². The van der Waals surface area contributed by atoms with E-state index in [0.29, 0.717) is 19.0 Å². The van der Waals surface area contributed by atoms with Gasteiger partial charge in [0.2, 0.25) is 5.91 Å². The van der Waals surface area contributed by atoms with Gasteiger partial charge in [-0.3, -0.25) is 4.79 Å². The van der Waals surface area contributed by atoms with Crippen molar-refractivity contribution in [2.75, 3.05) is 13.1 Å². The van der Waals surface area contributed by atoms with Gasteiger partial charge < -0.3 is 10.6 Å². The number of nitrogens with one attached hydrogen (secondary N) is 2. The first-order chi connectivity index (χ1) is 9.08. The van der Waals surface area contributed by atoms with Gasteiger partial charge in [-0.2, -0.15) is 0 Å². The Morgan fingerprint density at radius 2 is 2.42 bits per heavy atom. The molecule has 0 aliphatic carbocycles. The molecule has 0 spiro atoms. The highest BCUT2D eigenvalue weighted by molar-refractivity contribution is 7.10. The van der Waals surface area contributed by atoms with Crippen molar-refractivity contribution in [3.05, 3.63) is 22.4 Å². The minimum absolute atomic E-state index is 0.0232. The van der Waals surface area contributed by atoms with E-state index in [4.69, 9.17) is 0 Å². The third kappa shape index (κ3) is 4.32. The number of carbonyl (C=O) groups is 1. The molecule has 1 saturated heterocycles. The van der Waals surface area contributed by atoms with Crippen molar-refractivity contribution < 1.29 is 4.79 Å². The molecule has 1 aromatic rings. The molecule has 1 unspecified atom stereocenters. The van der Waals surface area contributed by atoms with Crippen molar-refractivity contribution >= 4 is 17.2 Å². The topological polar surface area (TPSA) is 41.1 Å². The van der Waals surface area contributed by atoms with Gasteiger partial charge in [0, 0.05) is 29.3 Å². The summed E-state index contributed by atoms with van der Waals surface area (Å²) in [5.41, 5.74) is 0.0232. The molecule has 0 aromatic carbocycles. The molecule has 1 aliphatic rings. The van der Waals surface area contributed by atoms with E-state index in [0.717, 1.165) is 13.0 Å². The largest absolute Gasteiger partial charge is 0.355 e. The summed E-state index contributed by atoms with van der Waals surface area (Å²) in [6.07, 6.45) is 4.06. The van der Waals surface area contributed by atoms with Crippen LogP contribution in [0.15, 0.2) is 17.5 Å². The molecule has 2 N–H and O–H groups in total. The average molecular weight is 280 g/mol. The summed E-state index contributed by atoms with van der Waals surface area (Å²) in [6, 6.07) is 4.75. The lowest BCUT2D eigenvalue weighted by Gasteiger charge is -2.23. The second kappa shape index (κ2) is 6.53. The average Bonchev–Trinajstić information content (AvgIpc) is 3.06. The smallest absolute Gasteiger partial charge is 0.220 e. The summed E-state index contributed by atoms with van der Waals surface area (Å²) >= 11 is 1.75. The lowest BCUT2D eigenvalue weighted by atomic mass is 9.91.